The largest absolute Gasteiger partial charge is 0.529 e. The summed E-state index contributed by atoms with van der Waals surface area (Å²) < 4.78 is 23.1. The fraction of sp³-hybridized carbons (Fsp3) is 0.133. The fourth-order valence-electron chi connectivity index (χ4n) is 3.90. The topological polar surface area (TPSA) is 71.1 Å². The molecule has 1 unspecified atom stereocenters. The zero-order valence-electron chi connectivity index (χ0n) is 20.9. The third-order valence-electron chi connectivity index (χ3n) is 5.70. The molecule has 0 radical (unpaired) electrons. The molecule has 0 fully saturated rings. The van der Waals surface area contributed by atoms with Crippen molar-refractivity contribution in [3.05, 3.63) is 131 Å². The van der Waals surface area contributed by atoms with Crippen LogP contribution in [0.15, 0.2) is 109 Å². The van der Waals surface area contributed by atoms with Gasteiger partial charge in [-0.2, -0.15) is 0 Å². The highest BCUT2D eigenvalue weighted by Crippen LogP contribution is 2.46. The molecule has 0 saturated carbocycles. The van der Waals surface area contributed by atoms with Crippen LogP contribution in [0.4, 0.5) is 0 Å². The minimum absolute atomic E-state index is 0.154. The summed E-state index contributed by atoms with van der Waals surface area (Å²) in [5, 5.41) is 0. The van der Waals surface area contributed by atoms with Crippen LogP contribution in [0.1, 0.15) is 52.1 Å². The number of carbonyl (C=O) groups excluding carboxylic acids is 2. The van der Waals surface area contributed by atoms with E-state index < -0.39 is 8.60 Å². The fourth-order valence-corrected chi connectivity index (χ4v) is 4.86. The first kappa shape index (κ1) is 25.9. The molecule has 0 N–H and O–H groups in total. The number of methoxy groups -OCH3 is 1. The Balaban J connectivity index is 1.63. The van der Waals surface area contributed by atoms with E-state index in [9.17, 15) is 9.59 Å². The smallest absolute Gasteiger partial charge is 0.496 e. The molecule has 37 heavy (non-hydrogen) atoms. The molecular weight excluding hydrogens is 487 g/mol. The normalized spacial score (nSPS) is 16.9. The average Bonchev–Trinajstić information content (AvgIpc) is 3.12. The van der Waals surface area contributed by atoms with Gasteiger partial charge in [-0.05, 0) is 49.6 Å². The summed E-state index contributed by atoms with van der Waals surface area (Å²) in [5.41, 5.74) is 2.91. The van der Waals surface area contributed by atoms with Gasteiger partial charge in [-0.25, -0.2) is 0 Å². The Morgan fingerprint density at radius 3 is 2.41 bits per heavy atom. The molecule has 1 atom stereocenters. The van der Waals surface area contributed by atoms with Crippen LogP contribution in [0.3, 0.4) is 0 Å². The SMILES string of the molecule is C=C1C=CC=CC/C1=C/C=C(\C)OP(O/C=C/C)Oc1cccc2c1C(=O)c1c(OC)cccc1C2=O. The van der Waals surface area contributed by atoms with Gasteiger partial charge in [0.25, 0.3) is 0 Å². The molecule has 0 bridgehead atoms. The number of rotatable bonds is 8. The van der Waals surface area contributed by atoms with Gasteiger partial charge in [0.2, 0.25) is 5.78 Å². The zero-order valence-corrected chi connectivity index (χ0v) is 21.8. The average molecular weight is 515 g/mol. The zero-order chi connectivity index (χ0) is 26.4. The molecule has 0 aromatic heterocycles. The van der Waals surface area contributed by atoms with E-state index in [0.29, 0.717) is 17.1 Å². The van der Waals surface area contributed by atoms with Gasteiger partial charge < -0.3 is 18.3 Å². The van der Waals surface area contributed by atoms with E-state index in [-0.39, 0.29) is 34.0 Å². The predicted octanol–water partition coefficient (Wildman–Crippen LogP) is 7.55. The van der Waals surface area contributed by atoms with Gasteiger partial charge in [-0.15, -0.1) is 0 Å². The van der Waals surface area contributed by atoms with Crippen molar-refractivity contribution in [2.24, 2.45) is 0 Å². The third kappa shape index (κ3) is 5.65. The van der Waals surface area contributed by atoms with Crippen molar-refractivity contribution in [3.8, 4) is 11.5 Å². The molecular formula is C30H27O6P. The summed E-state index contributed by atoms with van der Waals surface area (Å²) in [4.78, 5) is 26.8. The number of hydrogen-bond acceptors (Lipinski definition) is 6. The maximum Gasteiger partial charge on any atom is 0.529 e. The molecule has 2 aliphatic rings. The highest BCUT2D eigenvalue weighted by molar-refractivity contribution is 7.42. The van der Waals surface area contributed by atoms with Crippen molar-refractivity contribution < 1.29 is 27.9 Å². The van der Waals surface area contributed by atoms with Crippen LogP contribution in [-0.2, 0) is 9.05 Å². The van der Waals surface area contributed by atoms with E-state index in [1.54, 1.807) is 56.3 Å². The number of fused-ring (bicyclic) bond motifs is 2. The lowest BCUT2D eigenvalue weighted by molar-refractivity contribution is 0.0974. The molecule has 4 rings (SSSR count). The molecule has 0 amide bonds. The molecule has 0 saturated heterocycles. The second kappa shape index (κ2) is 11.7. The van der Waals surface area contributed by atoms with Crippen molar-refractivity contribution in [1.29, 1.82) is 0 Å². The Kier molecular flexibility index (Phi) is 8.22. The highest BCUT2D eigenvalue weighted by Gasteiger charge is 2.35. The monoisotopic (exact) mass is 514 g/mol. The standard InChI is InChI=1S/C30H27O6P/c1-5-19-34-37(35-21(3)17-18-22-12-8-6-7-11-20(22)2)36-26-16-10-14-24-28(26)30(32)27-23(29(24)31)13-9-15-25(27)33-4/h5-11,13-19H,2,12H2,1,3-4H3/b19-5+,21-17+,22-18-. The number of benzene rings is 2. The molecule has 0 aliphatic heterocycles. The highest BCUT2D eigenvalue weighted by atomic mass is 31.2. The van der Waals surface area contributed by atoms with Crippen LogP contribution in [0.5, 0.6) is 11.5 Å². The lowest BCUT2D eigenvalue weighted by Crippen LogP contribution is -2.22. The van der Waals surface area contributed by atoms with Crippen molar-refractivity contribution in [2.45, 2.75) is 20.3 Å². The molecule has 7 heteroatoms. The van der Waals surface area contributed by atoms with Gasteiger partial charge >= 0.3 is 8.60 Å². The van der Waals surface area contributed by atoms with Crippen molar-refractivity contribution in [3.63, 3.8) is 0 Å². The van der Waals surface area contributed by atoms with Crippen LogP contribution >= 0.6 is 8.60 Å². The molecule has 0 spiro atoms. The Hall–Kier alpha value is -4.15. The minimum atomic E-state index is -1.98. The maximum atomic E-state index is 13.6. The number of carbonyl (C=O) groups is 2. The molecule has 188 valence electrons. The summed E-state index contributed by atoms with van der Waals surface area (Å²) in [6.07, 6.45) is 15.6. The van der Waals surface area contributed by atoms with Gasteiger partial charge in [-0.3, -0.25) is 9.59 Å². The van der Waals surface area contributed by atoms with E-state index >= 15 is 0 Å². The summed E-state index contributed by atoms with van der Waals surface area (Å²) in [6, 6.07) is 9.86. The maximum absolute atomic E-state index is 13.6. The van der Waals surface area contributed by atoms with Crippen molar-refractivity contribution in [1.82, 2.24) is 0 Å². The van der Waals surface area contributed by atoms with Crippen molar-refractivity contribution in [2.75, 3.05) is 7.11 Å². The minimum Gasteiger partial charge on any atom is -0.496 e. The summed E-state index contributed by atoms with van der Waals surface area (Å²) in [6.45, 7) is 7.67. The third-order valence-corrected chi connectivity index (χ3v) is 6.78. The molecule has 2 aliphatic carbocycles. The van der Waals surface area contributed by atoms with E-state index in [0.717, 1.165) is 17.6 Å². The summed E-state index contributed by atoms with van der Waals surface area (Å²) in [7, 11) is -0.521. The molecule has 0 heterocycles. The summed E-state index contributed by atoms with van der Waals surface area (Å²) in [5.74, 6) is 0.442. The van der Waals surface area contributed by atoms with Gasteiger partial charge in [-0.1, -0.05) is 67.3 Å². The van der Waals surface area contributed by atoms with E-state index in [2.05, 4.69) is 12.7 Å². The van der Waals surface area contributed by atoms with Gasteiger partial charge in [0.1, 0.15) is 17.3 Å². The quantitative estimate of drug-likeness (QED) is 0.228. The number of hydrogen-bond donors (Lipinski definition) is 0. The van der Waals surface area contributed by atoms with Crippen LogP contribution in [0, 0.1) is 0 Å². The Bertz CT molecular complexity index is 1390. The molecule has 2 aromatic rings. The van der Waals surface area contributed by atoms with Crippen LogP contribution in [0.25, 0.3) is 0 Å². The number of ketones is 2. The first-order valence-electron chi connectivity index (χ1n) is 11.7. The van der Waals surface area contributed by atoms with E-state index in [1.165, 1.54) is 13.4 Å². The Morgan fingerprint density at radius 2 is 1.70 bits per heavy atom. The van der Waals surface area contributed by atoms with Crippen LogP contribution < -0.4 is 9.26 Å². The van der Waals surface area contributed by atoms with E-state index in [4.69, 9.17) is 18.3 Å². The van der Waals surface area contributed by atoms with Gasteiger partial charge in [0.05, 0.1) is 24.5 Å². The molecule has 2 aromatic carbocycles. The van der Waals surface area contributed by atoms with Gasteiger partial charge in [0.15, 0.2) is 5.78 Å². The Labute approximate surface area is 217 Å². The lowest BCUT2D eigenvalue weighted by atomic mass is 9.83. The van der Waals surface area contributed by atoms with Gasteiger partial charge in [0, 0.05) is 11.1 Å². The Morgan fingerprint density at radius 1 is 1.00 bits per heavy atom. The van der Waals surface area contributed by atoms with Crippen LogP contribution in [-0.4, -0.2) is 18.7 Å². The predicted molar refractivity (Wildman–Crippen MR) is 145 cm³/mol. The second-order valence-corrected chi connectivity index (χ2v) is 9.21. The molecule has 6 nitrogen and oxygen atoms in total. The van der Waals surface area contributed by atoms with Crippen molar-refractivity contribution >= 4 is 20.2 Å². The second-order valence-electron chi connectivity index (χ2n) is 8.19. The lowest BCUT2D eigenvalue weighted by Gasteiger charge is -2.23. The number of ether oxygens (including phenoxy) is 1. The summed E-state index contributed by atoms with van der Waals surface area (Å²) >= 11 is 0. The van der Waals surface area contributed by atoms with E-state index in [1.807, 2.05) is 30.4 Å². The van der Waals surface area contributed by atoms with Crippen LogP contribution in [0.2, 0.25) is 0 Å². The first-order valence-corrected chi connectivity index (χ1v) is 12.8. The number of allylic oxidation sites excluding steroid dienone is 10. The first-order chi connectivity index (χ1) is 17.9.